The van der Waals surface area contributed by atoms with Crippen molar-refractivity contribution in [2.24, 2.45) is 0 Å². The molecule has 0 aliphatic carbocycles. The molecule has 0 unspecified atom stereocenters. The highest BCUT2D eigenvalue weighted by molar-refractivity contribution is 5.77. The summed E-state index contributed by atoms with van der Waals surface area (Å²) in [6, 6.07) is 10.5. The van der Waals surface area contributed by atoms with E-state index in [4.69, 9.17) is 0 Å². The monoisotopic (exact) mass is 351 g/mol. The van der Waals surface area contributed by atoms with Gasteiger partial charge < -0.3 is 9.80 Å². The lowest BCUT2D eigenvalue weighted by Crippen LogP contribution is -2.50. The minimum Gasteiger partial charge on any atom is -0.339 e. The van der Waals surface area contributed by atoms with Crippen molar-refractivity contribution < 1.29 is 4.79 Å². The van der Waals surface area contributed by atoms with Gasteiger partial charge in [-0.3, -0.25) is 9.69 Å². The molecule has 1 atom stereocenters. The van der Waals surface area contributed by atoms with Crippen LogP contribution in [0.5, 0.6) is 0 Å². The van der Waals surface area contributed by atoms with Crippen molar-refractivity contribution in [2.45, 2.75) is 18.9 Å². The fraction of sp³-hybridized carbons (Fsp3) is 0.450. The van der Waals surface area contributed by atoms with Crippen LogP contribution in [0.15, 0.2) is 42.7 Å². The molecule has 6 heteroatoms. The van der Waals surface area contributed by atoms with Crippen LogP contribution in [0.1, 0.15) is 23.6 Å². The van der Waals surface area contributed by atoms with Crippen LogP contribution in [0, 0.1) is 0 Å². The molecule has 1 saturated heterocycles. The summed E-state index contributed by atoms with van der Waals surface area (Å²) in [6.45, 7) is 4.04. The smallest absolute Gasteiger partial charge is 0.225 e. The van der Waals surface area contributed by atoms with Gasteiger partial charge in [0.05, 0.1) is 0 Å². The summed E-state index contributed by atoms with van der Waals surface area (Å²) in [4.78, 5) is 28.0. The summed E-state index contributed by atoms with van der Waals surface area (Å²) in [5, 5.41) is 0. The quantitative estimate of drug-likeness (QED) is 0.843. The third-order valence-electron chi connectivity index (χ3n) is 5.52. The molecule has 0 spiro atoms. The van der Waals surface area contributed by atoms with E-state index in [1.165, 1.54) is 11.1 Å². The van der Waals surface area contributed by atoms with E-state index in [-0.39, 0.29) is 11.9 Å². The van der Waals surface area contributed by atoms with Crippen LogP contribution < -0.4 is 4.90 Å². The Bertz CT molecular complexity index is 758. The number of hydrogen-bond acceptors (Lipinski definition) is 5. The molecular formula is C20H25N5O. The van der Waals surface area contributed by atoms with Crippen molar-refractivity contribution in [2.75, 3.05) is 44.7 Å². The van der Waals surface area contributed by atoms with E-state index in [1.807, 2.05) is 11.0 Å². The maximum atomic E-state index is 12.9. The summed E-state index contributed by atoms with van der Waals surface area (Å²) in [6.07, 6.45) is 5.13. The number of hydrogen-bond donors (Lipinski definition) is 0. The van der Waals surface area contributed by atoms with Crippen LogP contribution in [0.2, 0.25) is 0 Å². The van der Waals surface area contributed by atoms with Crippen molar-refractivity contribution in [3.05, 3.63) is 53.9 Å². The Balaban J connectivity index is 1.39. The lowest BCUT2D eigenvalue weighted by atomic mass is 9.91. The maximum absolute atomic E-state index is 12.9. The van der Waals surface area contributed by atoms with Gasteiger partial charge in [0.25, 0.3) is 0 Å². The number of piperazine rings is 1. The second-order valence-corrected chi connectivity index (χ2v) is 7.07. The molecule has 0 radical (unpaired) electrons. The summed E-state index contributed by atoms with van der Waals surface area (Å²) in [5.74, 6) is 0.993. The number of rotatable bonds is 3. The number of anilines is 1. The molecule has 1 aromatic heterocycles. The van der Waals surface area contributed by atoms with Gasteiger partial charge in [0.1, 0.15) is 0 Å². The summed E-state index contributed by atoms with van der Waals surface area (Å²) in [5.41, 5.74) is 2.69. The average Bonchev–Trinajstić information content (AvgIpc) is 2.71. The van der Waals surface area contributed by atoms with Crippen molar-refractivity contribution in [1.82, 2.24) is 19.8 Å². The van der Waals surface area contributed by atoms with Gasteiger partial charge in [0.15, 0.2) is 0 Å². The number of amides is 1. The predicted octanol–water partition coefficient (Wildman–Crippen LogP) is 1.74. The number of nitrogens with zero attached hydrogens (tertiary/aromatic N) is 5. The van der Waals surface area contributed by atoms with Crippen molar-refractivity contribution in [1.29, 1.82) is 0 Å². The summed E-state index contributed by atoms with van der Waals surface area (Å²) in [7, 11) is 2.12. The van der Waals surface area contributed by atoms with E-state index < -0.39 is 0 Å². The number of fused-ring (bicyclic) bond motifs is 1. The van der Waals surface area contributed by atoms with Gasteiger partial charge in [-0.15, -0.1) is 0 Å². The molecular weight excluding hydrogens is 326 g/mol. The van der Waals surface area contributed by atoms with E-state index in [9.17, 15) is 4.79 Å². The molecule has 2 aliphatic heterocycles. The third-order valence-corrected chi connectivity index (χ3v) is 5.52. The fourth-order valence-corrected chi connectivity index (χ4v) is 3.95. The van der Waals surface area contributed by atoms with Gasteiger partial charge in [-0.2, -0.15) is 0 Å². The van der Waals surface area contributed by atoms with Crippen molar-refractivity contribution in [3.63, 3.8) is 0 Å². The second-order valence-electron chi connectivity index (χ2n) is 7.07. The minimum atomic E-state index is 0.183. The molecule has 2 aliphatic rings. The van der Waals surface area contributed by atoms with E-state index >= 15 is 0 Å². The molecule has 1 amide bonds. The van der Waals surface area contributed by atoms with Gasteiger partial charge in [0.2, 0.25) is 11.9 Å². The Labute approximate surface area is 154 Å². The first-order chi connectivity index (χ1) is 12.7. The molecule has 3 heterocycles. The highest BCUT2D eigenvalue weighted by atomic mass is 16.2. The van der Waals surface area contributed by atoms with Crippen LogP contribution in [0.25, 0.3) is 0 Å². The number of likely N-dealkylation sites (N-methyl/N-ethyl adjacent to an activating group) is 1. The first-order valence-corrected chi connectivity index (χ1v) is 9.30. The normalized spacial score (nSPS) is 20.7. The molecule has 1 aromatic carbocycles. The zero-order valence-electron chi connectivity index (χ0n) is 15.2. The third kappa shape index (κ3) is 3.42. The summed E-state index contributed by atoms with van der Waals surface area (Å²) < 4.78 is 0. The van der Waals surface area contributed by atoms with E-state index in [1.54, 1.807) is 12.4 Å². The number of benzene rings is 1. The molecule has 0 N–H and O–H groups in total. The zero-order valence-corrected chi connectivity index (χ0v) is 15.2. The Kier molecular flexibility index (Phi) is 4.84. The van der Waals surface area contributed by atoms with Crippen LogP contribution in [0.3, 0.4) is 0 Å². The van der Waals surface area contributed by atoms with E-state index in [0.717, 1.165) is 45.1 Å². The standard InChI is InChI=1S/C20H25N5O/c1-23-10-7-16-5-2-3-6-17(16)18(23)15-19(26)24-11-13-25(14-12-24)20-21-8-4-9-22-20/h2-6,8-9,18H,7,10-15H2,1H3/t18-/m0/s1. The van der Waals surface area contributed by atoms with Gasteiger partial charge in [-0.1, -0.05) is 24.3 Å². The highest BCUT2D eigenvalue weighted by Crippen LogP contribution is 2.31. The Morgan fingerprint density at radius 3 is 2.54 bits per heavy atom. The van der Waals surface area contributed by atoms with E-state index in [2.05, 4.69) is 51.1 Å². The second kappa shape index (κ2) is 7.41. The number of carbonyl (C=O) groups is 1. The molecule has 1 fully saturated rings. The Morgan fingerprint density at radius 2 is 1.77 bits per heavy atom. The number of carbonyl (C=O) groups excluding carboxylic acids is 1. The van der Waals surface area contributed by atoms with Gasteiger partial charge >= 0.3 is 0 Å². The fourth-order valence-electron chi connectivity index (χ4n) is 3.95. The van der Waals surface area contributed by atoms with Gasteiger partial charge in [0, 0.05) is 57.6 Å². The largest absolute Gasteiger partial charge is 0.339 e. The average molecular weight is 351 g/mol. The SMILES string of the molecule is CN1CCc2ccccc2[C@@H]1CC(=O)N1CCN(c2ncccn2)CC1. The van der Waals surface area contributed by atoms with E-state index in [0.29, 0.717) is 6.42 Å². The van der Waals surface area contributed by atoms with Crippen LogP contribution >= 0.6 is 0 Å². The van der Waals surface area contributed by atoms with Crippen LogP contribution in [0.4, 0.5) is 5.95 Å². The maximum Gasteiger partial charge on any atom is 0.225 e. The minimum absolute atomic E-state index is 0.183. The van der Waals surface area contributed by atoms with Crippen LogP contribution in [-0.4, -0.2) is 65.4 Å². The molecule has 2 aromatic rings. The molecule has 6 nitrogen and oxygen atoms in total. The lowest BCUT2D eigenvalue weighted by Gasteiger charge is -2.38. The first-order valence-electron chi connectivity index (χ1n) is 9.30. The van der Waals surface area contributed by atoms with Crippen molar-refractivity contribution in [3.8, 4) is 0 Å². The number of aromatic nitrogens is 2. The first kappa shape index (κ1) is 17.0. The molecule has 136 valence electrons. The van der Waals surface area contributed by atoms with Crippen LogP contribution in [-0.2, 0) is 11.2 Å². The van der Waals surface area contributed by atoms with Gasteiger partial charge in [-0.25, -0.2) is 9.97 Å². The van der Waals surface area contributed by atoms with Gasteiger partial charge in [-0.05, 0) is 30.7 Å². The summed E-state index contributed by atoms with van der Waals surface area (Å²) >= 11 is 0. The highest BCUT2D eigenvalue weighted by Gasteiger charge is 2.29. The Morgan fingerprint density at radius 1 is 1.04 bits per heavy atom. The molecule has 4 rings (SSSR count). The predicted molar refractivity (Wildman–Crippen MR) is 101 cm³/mol. The molecule has 0 saturated carbocycles. The topological polar surface area (TPSA) is 52.6 Å². The van der Waals surface area contributed by atoms with Crippen molar-refractivity contribution >= 4 is 11.9 Å². The molecule has 0 bridgehead atoms. The Hall–Kier alpha value is -2.47. The zero-order chi connectivity index (χ0) is 17.9. The lowest BCUT2D eigenvalue weighted by molar-refractivity contribution is -0.132. The molecule has 26 heavy (non-hydrogen) atoms.